The van der Waals surface area contributed by atoms with Gasteiger partial charge in [-0.15, -0.1) is 4.85 Å². The lowest BCUT2D eigenvalue weighted by molar-refractivity contribution is -0.675. The number of nitrogens with zero attached hydrogens (tertiary/aromatic N) is 3. The number of rotatable bonds is 2. The number of carbonyl (C=O) groups is 2. The first kappa shape index (κ1) is 12.5. The quantitative estimate of drug-likeness (QED) is 0.359. The molecule has 0 radical (unpaired) electrons. The molecule has 0 spiro atoms. The predicted molar refractivity (Wildman–Crippen MR) is 45.4 cm³/mol. The second-order valence-electron chi connectivity index (χ2n) is 2.01. The van der Waals surface area contributed by atoms with Crippen LogP contribution in [0.1, 0.15) is 0 Å². The molecule has 0 amide bonds. The van der Waals surface area contributed by atoms with Gasteiger partial charge in [-0.05, 0) is 0 Å². The molecule has 0 bridgehead atoms. The molecule has 0 aromatic carbocycles. The Morgan fingerprint density at radius 3 is 2.00 bits per heavy atom. The maximum Gasteiger partial charge on any atom is 0.328 e. The second-order valence-corrected chi connectivity index (χ2v) is 2.01. The van der Waals surface area contributed by atoms with E-state index in [0.29, 0.717) is 17.0 Å². The first-order valence-corrected chi connectivity index (χ1v) is 3.53. The van der Waals surface area contributed by atoms with Crippen molar-refractivity contribution in [2.45, 2.75) is 0 Å². The SMILES string of the molecule is O=C(O)C=CC(=O)O.[O-][n+]1cccnn1. The van der Waals surface area contributed by atoms with E-state index in [-0.39, 0.29) is 0 Å². The van der Waals surface area contributed by atoms with Crippen molar-refractivity contribution >= 4 is 11.9 Å². The Morgan fingerprint density at radius 1 is 1.27 bits per heavy atom. The standard InChI is InChI=1S/C4H4O4.C3H3N3O/c5-3(6)1-2-4(7)8;7-6-3-1-2-4-5-6/h1-2H,(H,5,6)(H,7,8);1-3H. The van der Waals surface area contributed by atoms with E-state index in [9.17, 15) is 14.8 Å². The Labute approximate surface area is 83.7 Å². The maximum atomic E-state index is 10.0. The Balaban J connectivity index is 0.000000262. The molecule has 1 aromatic heterocycles. The van der Waals surface area contributed by atoms with Crippen LogP contribution < -0.4 is 4.85 Å². The number of hydrogen-bond acceptors (Lipinski definition) is 5. The lowest BCUT2D eigenvalue weighted by Crippen LogP contribution is -2.30. The summed E-state index contributed by atoms with van der Waals surface area (Å²) >= 11 is 0. The third-order valence-corrected chi connectivity index (χ3v) is 0.875. The first-order valence-electron chi connectivity index (χ1n) is 3.53. The van der Waals surface area contributed by atoms with Crippen molar-refractivity contribution in [2.75, 3.05) is 0 Å². The molecule has 1 rings (SSSR count). The summed E-state index contributed by atoms with van der Waals surface area (Å²) in [5.74, 6) is -2.51. The Bertz CT molecular complexity index is 335. The molecule has 8 heteroatoms. The highest BCUT2D eigenvalue weighted by molar-refractivity contribution is 5.89. The fourth-order valence-electron chi connectivity index (χ4n) is 0.404. The van der Waals surface area contributed by atoms with Crippen molar-refractivity contribution in [1.82, 2.24) is 10.3 Å². The lowest BCUT2D eigenvalue weighted by Gasteiger charge is -1.88. The van der Waals surface area contributed by atoms with Gasteiger partial charge in [0.05, 0.1) is 5.10 Å². The number of carboxylic acid groups (broad SMARTS) is 2. The Morgan fingerprint density at radius 2 is 1.80 bits per heavy atom. The van der Waals surface area contributed by atoms with Crippen LogP contribution in [0.2, 0.25) is 0 Å². The maximum absolute atomic E-state index is 10.0. The largest absolute Gasteiger partial charge is 0.691 e. The van der Waals surface area contributed by atoms with Crippen LogP contribution in [0.15, 0.2) is 30.6 Å². The van der Waals surface area contributed by atoms with Crippen LogP contribution in [0.3, 0.4) is 0 Å². The minimum absolute atomic E-state index is 0.389. The number of carboxylic acids is 2. The van der Waals surface area contributed by atoms with Crippen LogP contribution >= 0.6 is 0 Å². The normalized spacial score (nSPS) is 9.07. The average Bonchev–Trinajstić information content (AvgIpc) is 2.17. The van der Waals surface area contributed by atoms with Gasteiger partial charge in [0.15, 0.2) is 6.20 Å². The van der Waals surface area contributed by atoms with Gasteiger partial charge in [0.1, 0.15) is 11.4 Å². The number of aromatic nitrogens is 3. The highest BCUT2D eigenvalue weighted by Crippen LogP contribution is 1.70. The molecule has 8 nitrogen and oxygen atoms in total. The van der Waals surface area contributed by atoms with Crippen LogP contribution in [0.4, 0.5) is 0 Å². The van der Waals surface area contributed by atoms with Crippen LogP contribution in [0.5, 0.6) is 0 Å². The summed E-state index contributed by atoms with van der Waals surface area (Å²) in [5.41, 5.74) is 0. The third kappa shape index (κ3) is 9.40. The molecule has 0 atom stereocenters. The topological polar surface area (TPSA) is 127 Å². The molecule has 0 fully saturated rings. The highest BCUT2D eigenvalue weighted by Gasteiger charge is 1.88. The molecular formula is C7H7N3O5. The van der Waals surface area contributed by atoms with Gasteiger partial charge in [-0.1, -0.05) is 0 Å². The van der Waals surface area contributed by atoms with Crippen LogP contribution in [0, 0.1) is 5.21 Å². The fraction of sp³-hybridized carbons (Fsp3) is 0. The number of hydrogen-bond donors (Lipinski definition) is 2. The summed E-state index contributed by atoms with van der Waals surface area (Å²) in [5, 5.41) is 32.0. The molecule has 2 N–H and O–H groups in total. The van der Waals surface area contributed by atoms with Crippen molar-refractivity contribution < 1.29 is 24.6 Å². The van der Waals surface area contributed by atoms with Crippen LogP contribution in [0.25, 0.3) is 0 Å². The smallest absolute Gasteiger partial charge is 0.328 e. The van der Waals surface area contributed by atoms with E-state index in [0.717, 1.165) is 0 Å². The molecule has 80 valence electrons. The first-order chi connectivity index (χ1) is 7.02. The highest BCUT2D eigenvalue weighted by atomic mass is 16.5. The summed E-state index contributed by atoms with van der Waals surface area (Å²) in [7, 11) is 0. The van der Waals surface area contributed by atoms with E-state index in [1.54, 1.807) is 0 Å². The lowest BCUT2D eigenvalue weighted by atomic mass is 10.5. The fourth-order valence-corrected chi connectivity index (χ4v) is 0.404. The van der Waals surface area contributed by atoms with E-state index in [4.69, 9.17) is 10.2 Å². The van der Waals surface area contributed by atoms with E-state index >= 15 is 0 Å². The van der Waals surface area contributed by atoms with Gasteiger partial charge in [-0.25, -0.2) is 9.59 Å². The van der Waals surface area contributed by atoms with Gasteiger partial charge in [0.2, 0.25) is 0 Å². The second kappa shape index (κ2) is 6.95. The molecule has 0 aliphatic rings. The zero-order valence-electron chi connectivity index (χ0n) is 7.35. The van der Waals surface area contributed by atoms with Crippen molar-refractivity contribution in [3.63, 3.8) is 0 Å². The van der Waals surface area contributed by atoms with Crippen LogP contribution in [-0.2, 0) is 9.59 Å². The van der Waals surface area contributed by atoms with Crippen molar-refractivity contribution in [1.29, 1.82) is 0 Å². The minimum Gasteiger partial charge on any atom is -0.691 e. The van der Waals surface area contributed by atoms with Gasteiger partial charge in [0, 0.05) is 18.2 Å². The van der Waals surface area contributed by atoms with Crippen molar-refractivity contribution in [2.24, 2.45) is 0 Å². The van der Waals surface area contributed by atoms with Crippen LogP contribution in [-0.4, -0.2) is 32.5 Å². The van der Waals surface area contributed by atoms with E-state index in [2.05, 4.69) is 10.3 Å². The molecule has 0 aliphatic carbocycles. The van der Waals surface area contributed by atoms with Crippen molar-refractivity contribution in [3.8, 4) is 0 Å². The summed E-state index contributed by atoms with van der Waals surface area (Å²) in [6.07, 6.45) is 3.83. The van der Waals surface area contributed by atoms with Gasteiger partial charge in [0.25, 0.3) is 0 Å². The van der Waals surface area contributed by atoms with Crippen molar-refractivity contribution in [3.05, 3.63) is 35.8 Å². The molecule has 0 saturated carbocycles. The summed E-state index contributed by atoms with van der Waals surface area (Å²) < 4.78 is 0. The van der Waals surface area contributed by atoms with Gasteiger partial charge >= 0.3 is 11.9 Å². The van der Waals surface area contributed by atoms with Gasteiger partial charge in [-0.3, -0.25) is 0 Å². The monoisotopic (exact) mass is 213 g/mol. The van der Waals surface area contributed by atoms with E-state index in [1.165, 1.54) is 18.5 Å². The molecule has 0 aliphatic heterocycles. The summed E-state index contributed by atoms with van der Waals surface area (Å²) in [4.78, 5) is 19.5. The Hall–Kier alpha value is -2.51. The Kier molecular flexibility index (Phi) is 5.79. The molecule has 15 heavy (non-hydrogen) atoms. The third-order valence-electron chi connectivity index (χ3n) is 0.875. The minimum atomic E-state index is -1.26. The van der Waals surface area contributed by atoms with Gasteiger partial charge in [-0.2, -0.15) is 0 Å². The molecule has 0 unspecified atom stereocenters. The molecule has 1 aromatic rings. The average molecular weight is 213 g/mol. The molecule has 1 heterocycles. The molecule has 0 saturated heterocycles. The summed E-state index contributed by atoms with van der Waals surface area (Å²) in [6, 6.07) is 1.51. The predicted octanol–water partition coefficient (Wildman–Crippen LogP) is -1.18. The van der Waals surface area contributed by atoms with E-state index < -0.39 is 11.9 Å². The zero-order chi connectivity index (χ0) is 11.7. The molecular weight excluding hydrogens is 206 g/mol. The summed E-state index contributed by atoms with van der Waals surface area (Å²) in [6.45, 7) is 0. The number of aliphatic carboxylic acids is 2. The zero-order valence-corrected chi connectivity index (χ0v) is 7.35. The van der Waals surface area contributed by atoms with E-state index in [1.807, 2.05) is 0 Å². The van der Waals surface area contributed by atoms with Gasteiger partial charge < -0.3 is 15.4 Å².